The predicted molar refractivity (Wildman–Crippen MR) is 72.8 cm³/mol. The van der Waals surface area contributed by atoms with Gasteiger partial charge in [0, 0.05) is 17.4 Å². The maximum atomic E-state index is 12.0. The topological polar surface area (TPSA) is 121 Å². The molecular weight excluding hydrogens is 260 g/mol. The highest BCUT2D eigenvalue weighted by atomic mass is 16.4. The molecule has 1 heterocycles. The van der Waals surface area contributed by atoms with Crippen LogP contribution in [0.25, 0.3) is 0 Å². The van der Waals surface area contributed by atoms with Crippen molar-refractivity contribution in [3.05, 3.63) is 53.9 Å². The van der Waals surface area contributed by atoms with Crippen LogP contribution >= 0.6 is 0 Å². The number of anilines is 1. The third-order valence-corrected chi connectivity index (χ3v) is 2.57. The zero-order chi connectivity index (χ0) is 14.5. The number of nitrogens with one attached hydrogen (secondary N) is 1. The van der Waals surface area contributed by atoms with Gasteiger partial charge in [0.1, 0.15) is 5.75 Å². The Morgan fingerprint density at radius 3 is 2.85 bits per heavy atom. The van der Waals surface area contributed by atoms with E-state index >= 15 is 0 Å². The second kappa shape index (κ2) is 5.70. The number of aromatic hydroxyl groups is 1. The summed E-state index contributed by atoms with van der Waals surface area (Å²) in [6, 6.07) is 7.87. The molecule has 1 aromatic heterocycles. The number of nitrogens with zero attached hydrogens (tertiary/aromatic N) is 2. The summed E-state index contributed by atoms with van der Waals surface area (Å²) in [5.41, 5.74) is 6.49. The minimum Gasteiger partial charge on any atom is -0.505 e. The second-order valence-electron chi connectivity index (χ2n) is 3.91. The molecule has 0 bridgehead atoms. The second-order valence-corrected chi connectivity index (χ2v) is 3.91. The van der Waals surface area contributed by atoms with Crippen molar-refractivity contribution >= 4 is 17.4 Å². The van der Waals surface area contributed by atoms with E-state index in [2.05, 4.69) is 15.5 Å². The van der Waals surface area contributed by atoms with Crippen molar-refractivity contribution in [2.75, 3.05) is 5.32 Å². The van der Waals surface area contributed by atoms with Crippen molar-refractivity contribution in [2.45, 2.75) is 0 Å². The first kappa shape index (κ1) is 13.3. The van der Waals surface area contributed by atoms with Gasteiger partial charge < -0.3 is 21.4 Å². The van der Waals surface area contributed by atoms with E-state index in [1.54, 1.807) is 24.3 Å². The van der Waals surface area contributed by atoms with Crippen LogP contribution in [0.4, 0.5) is 5.69 Å². The molecule has 0 spiro atoms. The molecule has 0 fully saturated rings. The summed E-state index contributed by atoms with van der Waals surface area (Å²) < 4.78 is 0. The lowest BCUT2D eigenvalue weighted by molar-refractivity contribution is 0.102. The van der Waals surface area contributed by atoms with Crippen molar-refractivity contribution in [3.63, 3.8) is 0 Å². The molecule has 1 aromatic carbocycles. The SMILES string of the molecule is N/C(=N/O)c1cccc(NC(=O)c2ccncc2O)c1. The van der Waals surface area contributed by atoms with E-state index in [9.17, 15) is 9.90 Å². The van der Waals surface area contributed by atoms with Gasteiger partial charge in [-0.25, -0.2) is 0 Å². The van der Waals surface area contributed by atoms with Crippen LogP contribution in [-0.4, -0.2) is 27.0 Å². The van der Waals surface area contributed by atoms with E-state index in [1.807, 2.05) is 0 Å². The smallest absolute Gasteiger partial charge is 0.259 e. The average Bonchev–Trinajstić information content (AvgIpc) is 2.47. The highest BCUT2D eigenvalue weighted by Crippen LogP contribution is 2.17. The zero-order valence-corrected chi connectivity index (χ0v) is 10.3. The molecule has 2 rings (SSSR count). The van der Waals surface area contributed by atoms with Crippen molar-refractivity contribution in [1.82, 2.24) is 4.98 Å². The highest BCUT2D eigenvalue weighted by molar-refractivity contribution is 6.06. The first-order valence-corrected chi connectivity index (χ1v) is 5.64. The number of amidine groups is 1. The fraction of sp³-hybridized carbons (Fsp3) is 0. The molecule has 102 valence electrons. The Morgan fingerprint density at radius 1 is 1.35 bits per heavy atom. The van der Waals surface area contributed by atoms with Crippen molar-refractivity contribution in [3.8, 4) is 5.75 Å². The molecule has 0 saturated carbocycles. The number of carbonyl (C=O) groups is 1. The van der Waals surface area contributed by atoms with Crippen LogP contribution in [0, 0.1) is 0 Å². The fourth-order valence-electron chi connectivity index (χ4n) is 1.59. The maximum absolute atomic E-state index is 12.0. The van der Waals surface area contributed by atoms with Crippen LogP contribution in [-0.2, 0) is 0 Å². The molecule has 2 aromatic rings. The number of pyridine rings is 1. The summed E-state index contributed by atoms with van der Waals surface area (Å²) in [7, 11) is 0. The summed E-state index contributed by atoms with van der Waals surface area (Å²) in [6.07, 6.45) is 2.59. The van der Waals surface area contributed by atoms with Crippen molar-refractivity contribution in [1.29, 1.82) is 0 Å². The number of oxime groups is 1. The molecule has 5 N–H and O–H groups in total. The van der Waals surface area contributed by atoms with Gasteiger partial charge >= 0.3 is 0 Å². The van der Waals surface area contributed by atoms with Gasteiger partial charge in [0.05, 0.1) is 11.8 Å². The fourth-order valence-corrected chi connectivity index (χ4v) is 1.59. The van der Waals surface area contributed by atoms with Crippen LogP contribution in [0.5, 0.6) is 5.75 Å². The van der Waals surface area contributed by atoms with Crippen LogP contribution in [0.3, 0.4) is 0 Å². The minimum atomic E-state index is -0.485. The molecule has 1 amide bonds. The van der Waals surface area contributed by atoms with Gasteiger partial charge in [0.25, 0.3) is 5.91 Å². The number of nitrogens with two attached hydrogens (primary N) is 1. The number of benzene rings is 1. The van der Waals surface area contributed by atoms with Gasteiger partial charge in [0.2, 0.25) is 0 Å². The number of hydrogen-bond donors (Lipinski definition) is 4. The molecular formula is C13H12N4O3. The van der Waals surface area contributed by atoms with Gasteiger partial charge in [-0.3, -0.25) is 9.78 Å². The van der Waals surface area contributed by atoms with Crippen molar-refractivity contribution in [2.24, 2.45) is 10.9 Å². The Kier molecular flexibility index (Phi) is 3.80. The van der Waals surface area contributed by atoms with Gasteiger partial charge in [-0.15, -0.1) is 0 Å². The van der Waals surface area contributed by atoms with Crippen LogP contribution in [0.15, 0.2) is 47.9 Å². The zero-order valence-electron chi connectivity index (χ0n) is 10.3. The molecule has 0 radical (unpaired) electrons. The van der Waals surface area contributed by atoms with Gasteiger partial charge in [-0.1, -0.05) is 17.3 Å². The molecule has 0 aliphatic heterocycles. The summed E-state index contributed by atoms with van der Waals surface area (Å²) in [6.45, 7) is 0. The van der Waals surface area contributed by atoms with E-state index in [4.69, 9.17) is 10.9 Å². The molecule has 7 nitrogen and oxygen atoms in total. The first-order chi connectivity index (χ1) is 9.61. The van der Waals surface area contributed by atoms with Crippen LogP contribution < -0.4 is 11.1 Å². The van der Waals surface area contributed by atoms with Gasteiger partial charge in [0.15, 0.2) is 5.84 Å². The first-order valence-electron chi connectivity index (χ1n) is 5.64. The lowest BCUT2D eigenvalue weighted by Crippen LogP contribution is -2.15. The predicted octanol–water partition coefficient (Wildman–Crippen LogP) is 1.13. The van der Waals surface area contributed by atoms with E-state index in [0.29, 0.717) is 11.3 Å². The quantitative estimate of drug-likeness (QED) is 0.289. The van der Waals surface area contributed by atoms with E-state index in [1.165, 1.54) is 18.5 Å². The standard InChI is InChI=1S/C13H12N4O3/c14-12(17-20)8-2-1-3-9(6-8)16-13(19)10-4-5-15-7-11(10)18/h1-7,18,20H,(H2,14,17)(H,16,19). The van der Waals surface area contributed by atoms with Gasteiger partial charge in [-0.05, 0) is 18.2 Å². The number of amides is 1. The molecule has 0 aliphatic carbocycles. The van der Waals surface area contributed by atoms with E-state index in [-0.39, 0.29) is 17.1 Å². The Bertz CT molecular complexity index is 670. The number of carbonyl (C=O) groups excluding carboxylic acids is 1. The molecule has 0 aliphatic rings. The van der Waals surface area contributed by atoms with E-state index in [0.717, 1.165) is 0 Å². The summed E-state index contributed by atoms with van der Waals surface area (Å²) in [4.78, 5) is 15.7. The van der Waals surface area contributed by atoms with Crippen LogP contribution in [0.2, 0.25) is 0 Å². The number of hydrogen-bond acceptors (Lipinski definition) is 5. The third-order valence-electron chi connectivity index (χ3n) is 2.57. The normalized spacial score (nSPS) is 11.1. The Balaban J connectivity index is 2.23. The molecule has 7 heteroatoms. The average molecular weight is 272 g/mol. The maximum Gasteiger partial charge on any atom is 0.259 e. The minimum absolute atomic E-state index is 0.0622. The number of rotatable bonds is 3. The summed E-state index contributed by atoms with van der Waals surface area (Å²) in [5, 5.41) is 23.6. The highest BCUT2D eigenvalue weighted by Gasteiger charge is 2.11. The Hall–Kier alpha value is -3.09. The van der Waals surface area contributed by atoms with Crippen LogP contribution in [0.1, 0.15) is 15.9 Å². The Labute approximate surface area is 114 Å². The van der Waals surface area contributed by atoms with Gasteiger partial charge in [-0.2, -0.15) is 0 Å². The van der Waals surface area contributed by atoms with E-state index < -0.39 is 5.91 Å². The van der Waals surface area contributed by atoms with Crippen molar-refractivity contribution < 1.29 is 15.1 Å². The summed E-state index contributed by atoms with van der Waals surface area (Å²) in [5.74, 6) is -0.757. The molecule has 0 unspecified atom stereocenters. The number of aromatic nitrogens is 1. The summed E-state index contributed by atoms with van der Waals surface area (Å²) >= 11 is 0. The molecule has 0 saturated heterocycles. The molecule has 0 atom stereocenters. The lowest BCUT2D eigenvalue weighted by atomic mass is 10.1. The largest absolute Gasteiger partial charge is 0.505 e. The lowest BCUT2D eigenvalue weighted by Gasteiger charge is -2.07. The molecule has 20 heavy (non-hydrogen) atoms. The third kappa shape index (κ3) is 2.83. The monoisotopic (exact) mass is 272 g/mol. The Morgan fingerprint density at radius 2 is 2.15 bits per heavy atom.